The molecule has 6 amide bonds. The lowest BCUT2D eigenvalue weighted by molar-refractivity contribution is -0.139. The van der Waals surface area contributed by atoms with Crippen LogP contribution in [0.5, 0.6) is 0 Å². The van der Waals surface area contributed by atoms with E-state index in [2.05, 4.69) is 26.6 Å². The Morgan fingerprint density at radius 3 is 2.34 bits per heavy atom. The second-order valence-corrected chi connectivity index (χ2v) is 10.5. The fourth-order valence-electron chi connectivity index (χ4n) is 4.29. The topological polar surface area (TPSA) is 175 Å². The van der Waals surface area contributed by atoms with Crippen molar-refractivity contribution in [3.05, 3.63) is 35.9 Å². The third-order valence-electron chi connectivity index (χ3n) is 6.57. The summed E-state index contributed by atoms with van der Waals surface area (Å²) in [4.78, 5) is 78.7. The fraction of sp³-hybridized carbons (Fsp3) is 0.571. The van der Waals surface area contributed by atoms with Gasteiger partial charge >= 0.3 is 0 Å². The van der Waals surface area contributed by atoms with Gasteiger partial charge in [-0.05, 0) is 31.2 Å². The van der Waals surface area contributed by atoms with Crippen molar-refractivity contribution in [2.75, 3.05) is 33.9 Å². The summed E-state index contributed by atoms with van der Waals surface area (Å²) < 4.78 is 4.83. The van der Waals surface area contributed by atoms with Gasteiger partial charge in [0, 0.05) is 27.1 Å². The van der Waals surface area contributed by atoms with Gasteiger partial charge in [0.1, 0.15) is 30.8 Å². The Bertz CT molecular complexity index is 1080. The van der Waals surface area contributed by atoms with Gasteiger partial charge in [-0.25, -0.2) is 0 Å². The number of likely N-dealkylation sites (N-methyl/N-ethyl adjacent to an activating group) is 1. The second kappa shape index (κ2) is 16.3. The summed E-state index contributed by atoms with van der Waals surface area (Å²) in [6.07, 6.45) is 0.677. The van der Waals surface area contributed by atoms with E-state index in [0.29, 0.717) is 6.42 Å². The van der Waals surface area contributed by atoms with Gasteiger partial charge in [0.25, 0.3) is 0 Å². The molecule has 0 aromatic heterocycles. The van der Waals surface area contributed by atoms with Crippen LogP contribution in [0, 0.1) is 5.92 Å². The minimum absolute atomic E-state index is 0.167. The van der Waals surface area contributed by atoms with Gasteiger partial charge in [0.05, 0.1) is 6.54 Å². The minimum Gasteiger partial charge on any atom is -0.375 e. The molecule has 0 unspecified atom stereocenters. The van der Waals surface area contributed by atoms with E-state index < -0.39 is 59.6 Å². The molecule has 1 saturated heterocycles. The standard InChI is InChI=1S/C28H42N6O7/c1-17(2)24-27(39)30-18(3)25(37)32-21(14-19-10-7-6-8-11-19)28(40)34(4)15-22(35)29-13-9-12-20(26(38)33-24)31-23(36)16-41-5/h6-8,10-11,17-18,20-21,24H,9,12-16H2,1-5H3,(H,29,35)(H,30,39)(H,31,36)(H,32,37)(H,33,38)/t18-,20+,21+,24-/m1/s1. The number of carbonyl (C=O) groups excluding carboxylic acids is 6. The van der Waals surface area contributed by atoms with Gasteiger partial charge in [-0.15, -0.1) is 0 Å². The van der Waals surface area contributed by atoms with E-state index in [4.69, 9.17) is 4.74 Å². The zero-order chi connectivity index (χ0) is 30.5. The Balaban J connectivity index is 2.32. The van der Waals surface area contributed by atoms with Crippen LogP contribution in [0.25, 0.3) is 0 Å². The first-order chi connectivity index (χ1) is 19.4. The highest BCUT2D eigenvalue weighted by atomic mass is 16.5. The molecule has 2 rings (SSSR count). The van der Waals surface area contributed by atoms with Crippen molar-refractivity contribution in [3.8, 4) is 0 Å². The zero-order valence-corrected chi connectivity index (χ0v) is 24.3. The van der Waals surface area contributed by atoms with Gasteiger partial charge in [0.15, 0.2) is 0 Å². The Hall–Kier alpha value is -4.00. The molecule has 0 aliphatic carbocycles. The van der Waals surface area contributed by atoms with E-state index in [-0.39, 0.29) is 38.5 Å². The van der Waals surface area contributed by atoms with Gasteiger partial charge in [-0.2, -0.15) is 0 Å². The van der Waals surface area contributed by atoms with Gasteiger partial charge in [-0.3, -0.25) is 28.8 Å². The number of hydrogen-bond donors (Lipinski definition) is 5. The largest absolute Gasteiger partial charge is 0.375 e. The molecular weight excluding hydrogens is 532 g/mol. The molecule has 1 aliphatic heterocycles. The SMILES string of the molecule is COCC(=O)N[C@H]1CCCNC(=O)CN(C)C(=O)[C@H](Cc2ccccc2)NC(=O)[C@@H](C)NC(=O)[C@@H](C(C)C)NC1=O. The number of ether oxygens (including phenoxy) is 1. The van der Waals surface area contributed by atoms with Crippen molar-refractivity contribution in [2.45, 2.75) is 64.2 Å². The first-order valence-electron chi connectivity index (χ1n) is 13.7. The Morgan fingerprint density at radius 2 is 1.71 bits per heavy atom. The number of nitrogens with zero attached hydrogens (tertiary/aromatic N) is 1. The van der Waals surface area contributed by atoms with Gasteiger partial charge in [-0.1, -0.05) is 44.2 Å². The van der Waals surface area contributed by atoms with Crippen LogP contribution >= 0.6 is 0 Å². The predicted molar refractivity (Wildman–Crippen MR) is 150 cm³/mol. The molecular formula is C28H42N6O7. The molecule has 13 heteroatoms. The summed E-state index contributed by atoms with van der Waals surface area (Å²) in [5.74, 6) is -3.53. The summed E-state index contributed by atoms with van der Waals surface area (Å²) in [5, 5.41) is 13.3. The van der Waals surface area contributed by atoms with Crippen molar-refractivity contribution in [1.82, 2.24) is 31.5 Å². The number of nitrogens with one attached hydrogen (secondary N) is 5. The molecule has 41 heavy (non-hydrogen) atoms. The van der Waals surface area contributed by atoms with E-state index >= 15 is 0 Å². The first kappa shape index (κ1) is 33.2. The lowest BCUT2D eigenvalue weighted by Gasteiger charge is -2.28. The van der Waals surface area contributed by atoms with E-state index in [0.717, 1.165) is 5.56 Å². The minimum atomic E-state index is -1.04. The number of carbonyl (C=O) groups is 6. The fourth-order valence-corrected chi connectivity index (χ4v) is 4.29. The van der Waals surface area contributed by atoms with Crippen LogP contribution in [0.3, 0.4) is 0 Å². The molecule has 1 fully saturated rings. The summed E-state index contributed by atoms with van der Waals surface area (Å²) in [6, 6.07) is 5.08. The predicted octanol–water partition coefficient (Wildman–Crippen LogP) is -1.14. The number of methoxy groups -OCH3 is 1. The van der Waals surface area contributed by atoms with Crippen LogP contribution in [0.1, 0.15) is 39.2 Å². The van der Waals surface area contributed by atoms with Crippen LogP contribution in [0.15, 0.2) is 30.3 Å². The Kier molecular flexibility index (Phi) is 13.2. The maximum absolute atomic E-state index is 13.3. The molecule has 4 atom stereocenters. The monoisotopic (exact) mass is 574 g/mol. The number of benzene rings is 1. The van der Waals surface area contributed by atoms with E-state index in [1.54, 1.807) is 13.8 Å². The second-order valence-electron chi connectivity index (χ2n) is 10.5. The maximum atomic E-state index is 13.3. The lowest BCUT2D eigenvalue weighted by Crippen LogP contribution is -2.59. The third-order valence-corrected chi connectivity index (χ3v) is 6.57. The average molecular weight is 575 g/mol. The third kappa shape index (κ3) is 10.8. The number of amides is 6. The van der Waals surface area contributed by atoms with Crippen LogP contribution in [0.4, 0.5) is 0 Å². The first-order valence-corrected chi connectivity index (χ1v) is 13.7. The van der Waals surface area contributed by atoms with E-state index in [1.165, 1.54) is 26.0 Å². The molecule has 13 nitrogen and oxygen atoms in total. The maximum Gasteiger partial charge on any atom is 0.246 e. The zero-order valence-electron chi connectivity index (χ0n) is 24.3. The summed E-state index contributed by atoms with van der Waals surface area (Å²) >= 11 is 0. The van der Waals surface area contributed by atoms with Crippen molar-refractivity contribution in [1.29, 1.82) is 0 Å². The highest BCUT2D eigenvalue weighted by molar-refractivity contribution is 5.96. The molecule has 0 bridgehead atoms. The molecule has 5 N–H and O–H groups in total. The highest BCUT2D eigenvalue weighted by Gasteiger charge is 2.32. The molecule has 0 spiro atoms. The molecule has 0 radical (unpaired) electrons. The van der Waals surface area contributed by atoms with Crippen LogP contribution in [0.2, 0.25) is 0 Å². The summed E-state index contributed by atoms with van der Waals surface area (Å²) in [6.45, 7) is 4.61. The smallest absolute Gasteiger partial charge is 0.246 e. The van der Waals surface area contributed by atoms with Crippen molar-refractivity contribution in [2.24, 2.45) is 5.92 Å². The van der Waals surface area contributed by atoms with Crippen molar-refractivity contribution in [3.63, 3.8) is 0 Å². The van der Waals surface area contributed by atoms with Gasteiger partial charge in [0.2, 0.25) is 35.4 Å². The molecule has 1 heterocycles. The van der Waals surface area contributed by atoms with Crippen LogP contribution < -0.4 is 26.6 Å². The van der Waals surface area contributed by atoms with Crippen molar-refractivity contribution >= 4 is 35.4 Å². The molecule has 1 aromatic rings. The Labute approximate surface area is 240 Å². The quantitative estimate of drug-likeness (QED) is 0.285. The molecule has 1 aliphatic rings. The normalized spacial score (nSPS) is 24.0. The van der Waals surface area contributed by atoms with Crippen LogP contribution in [-0.4, -0.2) is 98.4 Å². The molecule has 1 aromatic carbocycles. The molecule has 0 saturated carbocycles. The highest BCUT2D eigenvalue weighted by Crippen LogP contribution is 2.08. The Morgan fingerprint density at radius 1 is 1.02 bits per heavy atom. The van der Waals surface area contributed by atoms with Gasteiger partial charge < -0.3 is 36.2 Å². The lowest BCUT2D eigenvalue weighted by atomic mass is 10.0. The number of rotatable bonds is 6. The summed E-state index contributed by atoms with van der Waals surface area (Å²) in [7, 11) is 2.82. The van der Waals surface area contributed by atoms with E-state index in [9.17, 15) is 28.8 Å². The molecule has 226 valence electrons. The average Bonchev–Trinajstić information content (AvgIpc) is 2.92. The van der Waals surface area contributed by atoms with Crippen LogP contribution in [-0.2, 0) is 39.9 Å². The number of hydrogen-bond acceptors (Lipinski definition) is 7. The van der Waals surface area contributed by atoms with Crippen molar-refractivity contribution < 1.29 is 33.5 Å². The summed E-state index contributed by atoms with van der Waals surface area (Å²) in [5.41, 5.74) is 0.803. The van der Waals surface area contributed by atoms with E-state index in [1.807, 2.05) is 30.3 Å².